The highest BCUT2D eigenvalue weighted by Crippen LogP contribution is 2.25. The maximum atomic E-state index is 12.6. The van der Waals surface area contributed by atoms with Gasteiger partial charge in [0.15, 0.2) is 14.8 Å². The fourth-order valence-electron chi connectivity index (χ4n) is 3.12. The van der Waals surface area contributed by atoms with E-state index in [0.29, 0.717) is 30.9 Å². The first kappa shape index (κ1) is 17.4. The number of rotatable bonds is 4. The number of amides is 1. The van der Waals surface area contributed by atoms with Gasteiger partial charge >= 0.3 is 0 Å². The summed E-state index contributed by atoms with van der Waals surface area (Å²) >= 11 is 1.39. The number of carbonyl (C=O) groups is 1. The van der Waals surface area contributed by atoms with E-state index in [9.17, 15) is 13.2 Å². The van der Waals surface area contributed by atoms with E-state index >= 15 is 0 Å². The number of likely N-dealkylation sites (tertiary alicyclic amines) is 1. The predicted octanol–water partition coefficient (Wildman–Crippen LogP) is 2.97. The lowest BCUT2D eigenvalue weighted by molar-refractivity contribution is 0.0725. The van der Waals surface area contributed by atoms with Gasteiger partial charge in [-0.15, -0.1) is 11.3 Å². The molecular formula is C17H22N2O3S2. The number of aromatic nitrogens is 1. The summed E-state index contributed by atoms with van der Waals surface area (Å²) in [5.74, 6) is 0.275. The summed E-state index contributed by atoms with van der Waals surface area (Å²) in [5.41, 5.74) is 0.834. The average Bonchev–Trinajstić information content (AvgIpc) is 2.97. The molecule has 1 aliphatic heterocycles. The van der Waals surface area contributed by atoms with Crippen LogP contribution < -0.4 is 0 Å². The second kappa shape index (κ2) is 6.80. The molecule has 5 nitrogen and oxygen atoms in total. The molecule has 1 aliphatic rings. The van der Waals surface area contributed by atoms with E-state index in [4.69, 9.17) is 0 Å². The Balaban J connectivity index is 1.67. The third kappa shape index (κ3) is 3.62. The molecule has 0 saturated carbocycles. The highest BCUT2D eigenvalue weighted by atomic mass is 32.2. The molecule has 1 aromatic heterocycles. The van der Waals surface area contributed by atoms with Gasteiger partial charge in [-0.3, -0.25) is 4.79 Å². The topological polar surface area (TPSA) is 67.3 Å². The smallest absolute Gasteiger partial charge is 0.282 e. The van der Waals surface area contributed by atoms with E-state index in [1.54, 1.807) is 4.90 Å². The molecule has 0 unspecified atom stereocenters. The van der Waals surface area contributed by atoms with Gasteiger partial charge in [-0.2, -0.15) is 0 Å². The summed E-state index contributed by atoms with van der Waals surface area (Å²) in [6.45, 7) is 4.81. The van der Waals surface area contributed by atoms with E-state index in [1.165, 1.54) is 11.3 Å². The number of thiazole rings is 1. The summed E-state index contributed by atoms with van der Waals surface area (Å²) in [6.07, 6.45) is 1.04. The van der Waals surface area contributed by atoms with Crippen LogP contribution in [-0.4, -0.2) is 48.3 Å². The molecule has 0 atom stereocenters. The van der Waals surface area contributed by atoms with Crippen molar-refractivity contribution in [3.8, 4) is 0 Å². The van der Waals surface area contributed by atoms with Crippen LogP contribution in [0.15, 0.2) is 24.3 Å². The van der Waals surface area contributed by atoms with E-state index in [0.717, 1.165) is 10.2 Å². The van der Waals surface area contributed by atoms with Gasteiger partial charge in [0, 0.05) is 13.1 Å². The zero-order valence-corrected chi connectivity index (χ0v) is 15.6. The van der Waals surface area contributed by atoms with Crippen LogP contribution in [0.25, 0.3) is 10.2 Å². The van der Waals surface area contributed by atoms with E-state index < -0.39 is 9.84 Å². The average molecular weight is 367 g/mol. The van der Waals surface area contributed by atoms with Crippen molar-refractivity contribution in [1.82, 2.24) is 9.88 Å². The standard InChI is InChI=1S/C17H22N2O3S2/c1-12(2)11-24(21,22)13-7-9-19(10-8-13)17(20)16-18-14-5-3-4-6-15(14)23-16/h3-6,12-13H,7-11H2,1-2H3. The number of nitrogens with zero attached hydrogens (tertiary/aromatic N) is 2. The third-order valence-electron chi connectivity index (χ3n) is 4.28. The Bertz CT molecular complexity index is 801. The molecule has 0 radical (unpaired) electrons. The number of sulfone groups is 1. The minimum Gasteiger partial charge on any atom is -0.337 e. The number of para-hydroxylation sites is 1. The van der Waals surface area contributed by atoms with Crippen molar-refractivity contribution >= 4 is 37.3 Å². The molecule has 130 valence electrons. The van der Waals surface area contributed by atoms with Crippen molar-refractivity contribution in [1.29, 1.82) is 0 Å². The highest BCUT2D eigenvalue weighted by molar-refractivity contribution is 7.92. The van der Waals surface area contributed by atoms with Crippen molar-refractivity contribution in [2.45, 2.75) is 31.9 Å². The summed E-state index contributed by atoms with van der Waals surface area (Å²) < 4.78 is 25.7. The SMILES string of the molecule is CC(C)CS(=O)(=O)C1CCN(C(=O)c2nc3ccccc3s2)CC1. The molecule has 24 heavy (non-hydrogen) atoms. The molecule has 7 heteroatoms. The normalized spacial score (nSPS) is 16.9. The number of benzene rings is 1. The van der Waals surface area contributed by atoms with Gasteiger partial charge in [-0.05, 0) is 30.9 Å². The molecule has 1 amide bonds. The van der Waals surface area contributed by atoms with Gasteiger partial charge in [0.1, 0.15) is 0 Å². The number of fused-ring (bicyclic) bond motifs is 1. The number of carbonyl (C=O) groups excluding carboxylic acids is 1. The molecule has 2 aromatic rings. The van der Waals surface area contributed by atoms with Crippen LogP contribution in [0, 0.1) is 5.92 Å². The quantitative estimate of drug-likeness (QED) is 0.834. The van der Waals surface area contributed by atoms with Crippen LogP contribution >= 0.6 is 11.3 Å². The Morgan fingerprint density at radius 3 is 2.58 bits per heavy atom. The van der Waals surface area contributed by atoms with E-state index in [1.807, 2.05) is 38.1 Å². The van der Waals surface area contributed by atoms with Crippen molar-refractivity contribution in [2.75, 3.05) is 18.8 Å². The molecule has 3 rings (SSSR count). The van der Waals surface area contributed by atoms with Crippen LogP contribution in [0.5, 0.6) is 0 Å². The summed E-state index contributed by atoms with van der Waals surface area (Å²) in [4.78, 5) is 18.8. The van der Waals surface area contributed by atoms with Gasteiger partial charge in [-0.25, -0.2) is 13.4 Å². The lowest BCUT2D eigenvalue weighted by Gasteiger charge is -2.31. The minimum atomic E-state index is -3.07. The van der Waals surface area contributed by atoms with Crippen molar-refractivity contribution in [2.24, 2.45) is 5.92 Å². The molecule has 1 fully saturated rings. The summed E-state index contributed by atoms with van der Waals surface area (Å²) in [7, 11) is -3.07. The molecule has 1 saturated heterocycles. The van der Waals surface area contributed by atoms with E-state index in [2.05, 4.69) is 4.98 Å². The molecule has 2 heterocycles. The molecule has 1 aromatic carbocycles. The third-order valence-corrected chi connectivity index (χ3v) is 7.92. The van der Waals surface area contributed by atoms with Gasteiger partial charge in [-0.1, -0.05) is 26.0 Å². The van der Waals surface area contributed by atoms with Crippen molar-refractivity contribution in [3.63, 3.8) is 0 Å². The van der Waals surface area contributed by atoms with Crippen LogP contribution in [0.4, 0.5) is 0 Å². The minimum absolute atomic E-state index is 0.0871. The Morgan fingerprint density at radius 2 is 1.96 bits per heavy atom. The number of hydrogen-bond donors (Lipinski definition) is 0. The van der Waals surface area contributed by atoms with Crippen LogP contribution in [0.3, 0.4) is 0 Å². The van der Waals surface area contributed by atoms with Crippen LogP contribution in [-0.2, 0) is 9.84 Å². The summed E-state index contributed by atoms with van der Waals surface area (Å²) in [5, 5.41) is 0.166. The Hall–Kier alpha value is -1.47. The number of piperidine rings is 1. The first-order valence-corrected chi connectivity index (χ1v) is 10.8. The second-order valence-corrected chi connectivity index (χ2v) is 10.1. The lowest BCUT2D eigenvalue weighted by atomic mass is 10.1. The maximum absolute atomic E-state index is 12.6. The van der Waals surface area contributed by atoms with E-state index in [-0.39, 0.29) is 22.8 Å². The molecule has 0 bridgehead atoms. The fraction of sp³-hybridized carbons (Fsp3) is 0.529. The maximum Gasteiger partial charge on any atom is 0.282 e. The largest absolute Gasteiger partial charge is 0.337 e. The van der Waals surface area contributed by atoms with Gasteiger partial charge < -0.3 is 4.90 Å². The highest BCUT2D eigenvalue weighted by Gasteiger charge is 2.32. The Kier molecular flexibility index (Phi) is 4.92. The predicted molar refractivity (Wildman–Crippen MR) is 97.2 cm³/mol. The summed E-state index contributed by atoms with van der Waals surface area (Å²) in [6, 6.07) is 7.68. The lowest BCUT2D eigenvalue weighted by Crippen LogP contribution is -2.43. The number of hydrogen-bond acceptors (Lipinski definition) is 5. The Labute approximate surface area is 146 Å². The first-order chi connectivity index (χ1) is 11.4. The molecular weight excluding hydrogens is 344 g/mol. The monoisotopic (exact) mass is 366 g/mol. The second-order valence-electron chi connectivity index (χ2n) is 6.70. The van der Waals surface area contributed by atoms with Crippen molar-refractivity contribution in [3.05, 3.63) is 29.3 Å². The molecule has 0 spiro atoms. The fourth-order valence-corrected chi connectivity index (χ4v) is 6.18. The van der Waals surface area contributed by atoms with Gasteiger partial charge in [0.2, 0.25) is 0 Å². The van der Waals surface area contributed by atoms with Crippen LogP contribution in [0.1, 0.15) is 36.5 Å². The first-order valence-electron chi connectivity index (χ1n) is 8.23. The molecule has 0 aliphatic carbocycles. The molecule has 0 N–H and O–H groups in total. The van der Waals surface area contributed by atoms with Gasteiger partial charge in [0.05, 0.1) is 21.2 Å². The Morgan fingerprint density at radius 1 is 1.29 bits per heavy atom. The van der Waals surface area contributed by atoms with Crippen LogP contribution in [0.2, 0.25) is 0 Å². The van der Waals surface area contributed by atoms with Crippen molar-refractivity contribution < 1.29 is 13.2 Å². The van der Waals surface area contributed by atoms with Gasteiger partial charge in [0.25, 0.3) is 5.91 Å². The zero-order chi connectivity index (χ0) is 17.3. The zero-order valence-electron chi connectivity index (χ0n) is 13.9.